The van der Waals surface area contributed by atoms with Gasteiger partial charge in [0, 0.05) is 32.2 Å². The summed E-state index contributed by atoms with van der Waals surface area (Å²) in [6, 6.07) is 12.8. The van der Waals surface area contributed by atoms with E-state index in [1.165, 1.54) is 12.3 Å². The number of halogens is 2. The smallest absolute Gasteiger partial charge is 0.289 e. The number of aromatic nitrogens is 2. The van der Waals surface area contributed by atoms with Gasteiger partial charge in [0.15, 0.2) is 10.9 Å². The van der Waals surface area contributed by atoms with Crippen molar-refractivity contribution in [3.8, 4) is 5.69 Å². The first-order valence-electron chi connectivity index (χ1n) is 11.1. The highest BCUT2D eigenvalue weighted by Crippen LogP contribution is 2.24. The number of para-hydroxylation sites is 1. The van der Waals surface area contributed by atoms with E-state index in [1.807, 2.05) is 0 Å². The molecule has 1 fully saturated rings. The maximum absolute atomic E-state index is 14.6. The molecule has 0 radical (unpaired) electrons. The zero-order valence-electron chi connectivity index (χ0n) is 18.9. The Balaban J connectivity index is 1.35. The van der Waals surface area contributed by atoms with Crippen LogP contribution in [0.1, 0.15) is 10.6 Å². The van der Waals surface area contributed by atoms with Crippen LogP contribution < -0.4 is 5.56 Å². The zero-order valence-corrected chi connectivity index (χ0v) is 19.7. The van der Waals surface area contributed by atoms with Crippen molar-refractivity contribution >= 4 is 34.5 Å². The van der Waals surface area contributed by atoms with Gasteiger partial charge >= 0.3 is 0 Å². The molecular weight excluding hydrogens is 490 g/mol. The number of furan rings is 1. The maximum Gasteiger partial charge on any atom is 0.289 e. The Kier molecular flexibility index (Phi) is 6.55. The lowest BCUT2D eigenvalue weighted by atomic mass is 10.2. The molecule has 0 aliphatic carbocycles. The second-order valence-electron chi connectivity index (χ2n) is 8.09. The molecule has 11 heteroatoms. The normalized spacial score (nSPS) is 13.8. The lowest BCUT2D eigenvalue weighted by molar-refractivity contribution is -0.129. The second kappa shape index (κ2) is 9.94. The Morgan fingerprint density at radius 1 is 0.972 bits per heavy atom. The van der Waals surface area contributed by atoms with Gasteiger partial charge in [-0.3, -0.25) is 19.0 Å². The molecule has 3 heterocycles. The fourth-order valence-corrected chi connectivity index (χ4v) is 4.93. The van der Waals surface area contributed by atoms with Crippen LogP contribution in [0, 0.1) is 11.6 Å². The van der Waals surface area contributed by atoms with Crippen LogP contribution in [0.15, 0.2) is 75.2 Å². The number of hydrogen-bond acceptors (Lipinski definition) is 6. The lowest BCUT2D eigenvalue weighted by Crippen LogP contribution is -2.51. The standard InChI is InChI=1S/C25H20F2N4O4S/c26-16-7-8-20(18(27)14-16)31-23(33)17-4-1-2-5-19(17)28-25(31)36-15-22(32)29-9-11-30(12-10-29)24(34)21-6-3-13-35-21/h1-8,13-14H,9-12,15H2. The number of nitrogens with zero attached hydrogens (tertiary/aromatic N) is 4. The van der Waals surface area contributed by atoms with E-state index in [-0.39, 0.29) is 39.6 Å². The van der Waals surface area contributed by atoms with E-state index in [1.54, 1.807) is 46.2 Å². The number of thioether (sulfide) groups is 1. The third kappa shape index (κ3) is 4.61. The number of rotatable bonds is 5. The number of carbonyl (C=O) groups excluding carboxylic acids is 2. The summed E-state index contributed by atoms with van der Waals surface area (Å²) in [5, 5.41) is 0.387. The molecule has 0 saturated carbocycles. The van der Waals surface area contributed by atoms with Crippen molar-refractivity contribution in [2.75, 3.05) is 31.9 Å². The maximum atomic E-state index is 14.6. The van der Waals surface area contributed by atoms with Crippen LogP contribution in [0.3, 0.4) is 0 Å². The molecule has 1 saturated heterocycles. The average Bonchev–Trinajstić information content (AvgIpc) is 3.43. The van der Waals surface area contributed by atoms with Crippen LogP contribution >= 0.6 is 11.8 Å². The van der Waals surface area contributed by atoms with Crippen molar-refractivity contribution < 1.29 is 22.8 Å². The monoisotopic (exact) mass is 510 g/mol. The molecule has 2 amide bonds. The number of carbonyl (C=O) groups is 2. The Hall–Kier alpha value is -3.99. The molecule has 0 atom stereocenters. The minimum atomic E-state index is -0.917. The predicted molar refractivity (Wildman–Crippen MR) is 129 cm³/mol. The summed E-state index contributed by atoms with van der Waals surface area (Å²) in [6.07, 6.45) is 1.43. The fraction of sp³-hybridized carbons (Fsp3) is 0.200. The molecule has 8 nitrogen and oxygen atoms in total. The van der Waals surface area contributed by atoms with Crippen LogP contribution in [-0.4, -0.2) is 63.1 Å². The first-order valence-corrected chi connectivity index (χ1v) is 12.1. The largest absolute Gasteiger partial charge is 0.459 e. The molecule has 2 aromatic heterocycles. The predicted octanol–water partition coefficient (Wildman–Crippen LogP) is 3.33. The molecule has 2 aromatic carbocycles. The van der Waals surface area contributed by atoms with Crippen molar-refractivity contribution in [1.29, 1.82) is 0 Å². The van der Waals surface area contributed by atoms with Crippen molar-refractivity contribution in [3.05, 3.63) is 88.6 Å². The van der Waals surface area contributed by atoms with Crippen LogP contribution in [0.5, 0.6) is 0 Å². The highest BCUT2D eigenvalue weighted by atomic mass is 32.2. The minimum absolute atomic E-state index is 0.0558. The van der Waals surface area contributed by atoms with E-state index in [0.29, 0.717) is 37.8 Å². The Morgan fingerprint density at radius 3 is 2.44 bits per heavy atom. The van der Waals surface area contributed by atoms with Gasteiger partial charge in [-0.2, -0.15) is 0 Å². The highest BCUT2D eigenvalue weighted by molar-refractivity contribution is 7.99. The van der Waals surface area contributed by atoms with E-state index in [0.717, 1.165) is 22.4 Å². The third-order valence-electron chi connectivity index (χ3n) is 5.87. The molecule has 0 spiro atoms. The summed E-state index contributed by atoms with van der Waals surface area (Å²) in [6.45, 7) is 1.40. The fourth-order valence-electron chi connectivity index (χ4n) is 4.02. The molecule has 5 rings (SSSR count). The molecule has 1 aliphatic rings. The van der Waals surface area contributed by atoms with Crippen molar-refractivity contribution in [2.24, 2.45) is 0 Å². The molecule has 4 aromatic rings. The van der Waals surface area contributed by atoms with Gasteiger partial charge in [0.05, 0.1) is 28.6 Å². The minimum Gasteiger partial charge on any atom is -0.459 e. The molecule has 184 valence electrons. The van der Waals surface area contributed by atoms with Gasteiger partial charge in [0.25, 0.3) is 11.5 Å². The van der Waals surface area contributed by atoms with Crippen LogP contribution in [0.2, 0.25) is 0 Å². The van der Waals surface area contributed by atoms with Gasteiger partial charge in [-0.05, 0) is 36.4 Å². The van der Waals surface area contributed by atoms with Gasteiger partial charge in [-0.15, -0.1) is 0 Å². The quantitative estimate of drug-likeness (QED) is 0.302. The van der Waals surface area contributed by atoms with E-state index >= 15 is 0 Å². The Morgan fingerprint density at radius 2 is 1.72 bits per heavy atom. The first kappa shape index (κ1) is 23.7. The summed E-state index contributed by atoms with van der Waals surface area (Å²) < 4.78 is 34.4. The molecule has 1 aliphatic heterocycles. The van der Waals surface area contributed by atoms with Crippen LogP contribution in [-0.2, 0) is 4.79 Å². The van der Waals surface area contributed by atoms with Crippen LogP contribution in [0.25, 0.3) is 16.6 Å². The van der Waals surface area contributed by atoms with Gasteiger partial charge < -0.3 is 14.2 Å². The summed E-state index contributed by atoms with van der Waals surface area (Å²) in [5.41, 5.74) is -0.271. The Bertz CT molecular complexity index is 1500. The summed E-state index contributed by atoms with van der Waals surface area (Å²) in [4.78, 5) is 46.3. The number of fused-ring (bicyclic) bond motifs is 1. The van der Waals surface area contributed by atoms with E-state index < -0.39 is 17.2 Å². The van der Waals surface area contributed by atoms with E-state index in [9.17, 15) is 23.2 Å². The topological polar surface area (TPSA) is 88.7 Å². The average molecular weight is 511 g/mol. The first-order chi connectivity index (χ1) is 17.4. The van der Waals surface area contributed by atoms with E-state index in [2.05, 4.69) is 4.98 Å². The van der Waals surface area contributed by atoms with Gasteiger partial charge in [0.1, 0.15) is 11.6 Å². The number of benzene rings is 2. The van der Waals surface area contributed by atoms with Gasteiger partial charge in [0.2, 0.25) is 5.91 Å². The highest BCUT2D eigenvalue weighted by Gasteiger charge is 2.26. The van der Waals surface area contributed by atoms with Gasteiger partial charge in [-0.25, -0.2) is 13.8 Å². The zero-order chi connectivity index (χ0) is 25.2. The van der Waals surface area contributed by atoms with Crippen molar-refractivity contribution in [1.82, 2.24) is 19.4 Å². The lowest BCUT2D eigenvalue weighted by Gasteiger charge is -2.34. The number of piperazine rings is 1. The molecular formula is C25H20F2N4O4S. The molecule has 0 unspecified atom stereocenters. The molecule has 0 N–H and O–H groups in total. The third-order valence-corrected chi connectivity index (χ3v) is 6.80. The molecule has 0 bridgehead atoms. The summed E-state index contributed by atoms with van der Waals surface area (Å²) in [7, 11) is 0. The summed E-state index contributed by atoms with van der Waals surface area (Å²) in [5.74, 6) is -1.93. The number of amides is 2. The van der Waals surface area contributed by atoms with Crippen LogP contribution in [0.4, 0.5) is 8.78 Å². The van der Waals surface area contributed by atoms with Crippen molar-refractivity contribution in [3.63, 3.8) is 0 Å². The molecule has 36 heavy (non-hydrogen) atoms. The van der Waals surface area contributed by atoms with Crippen molar-refractivity contribution in [2.45, 2.75) is 5.16 Å². The number of hydrogen-bond donors (Lipinski definition) is 0. The SMILES string of the molecule is O=C(CSc1nc2ccccc2c(=O)n1-c1ccc(F)cc1F)N1CCN(C(=O)c2ccco2)CC1. The van der Waals surface area contributed by atoms with E-state index in [4.69, 9.17) is 4.42 Å². The summed E-state index contributed by atoms with van der Waals surface area (Å²) >= 11 is 0.995. The van der Waals surface area contributed by atoms with Gasteiger partial charge in [-0.1, -0.05) is 23.9 Å². The Labute approximate surface area is 208 Å². The second-order valence-corrected chi connectivity index (χ2v) is 9.03.